The minimum absolute atomic E-state index is 0.0716. The van der Waals surface area contributed by atoms with Gasteiger partial charge in [0.1, 0.15) is 18.5 Å². The Morgan fingerprint density at radius 1 is 1.03 bits per heavy atom. The standard InChI is InChI=1S/C23H31NO5/c1-26-21-9-8-18(14-22(21)27-2)23(10-12-28-13-11-23)17-24-15-19(25)16-29-20-6-4-3-5-7-20/h3-9,14,19,24-25H,10-13,15-17H2,1-2H3/t19-/m1/s1. The van der Waals surface area contributed by atoms with Gasteiger partial charge >= 0.3 is 0 Å². The lowest BCUT2D eigenvalue weighted by molar-refractivity contribution is 0.0469. The molecule has 1 fully saturated rings. The maximum absolute atomic E-state index is 10.3. The second kappa shape index (κ2) is 10.5. The average molecular weight is 402 g/mol. The van der Waals surface area contributed by atoms with Gasteiger partial charge in [0.25, 0.3) is 0 Å². The summed E-state index contributed by atoms with van der Waals surface area (Å²) in [5.41, 5.74) is 1.12. The first-order valence-electron chi connectivity index (χ1n) is 10.0. The molecular weight excluding hydrogens is 370 g/mol. The maximum Gasteiger partial charge on any atom is 0.161 e. The number of rotatable bonds is 10. The summed E-state index contributed by atoms with van der Waals surface area (Å²) in [6.45, 7) is 2.89. The Hall–Kier alpha value is -2.28. The second-order valence-electron chi connectivity index (χ2n) is 7.37. The Morgan fingerprint density at radius 3 is 2.45 bits per heavy atom. The van der Waals surface area contributed by atoms with Crippen LogP contribution in [0.4, 0.5) is 0 Å². The van der Waals surface area contributed by atoms with E-state index in [1.54, 1.807) is 14.2 Å². The van der Waals surface area contributed by atoms with Gasteiger partial charge in [0.15, 0.2) is 11.5 Å². The van der Waals surface area contributed by atoms with Crippen LogP contribution in [0.1, 0.15) is 18.4 Å². The summed E-state index contributed by atoms with van der Waals surface area (Å²) >= 11 is 0. The van der Waals surface area contributed by atoms with Gasteiger partial charge in [0, 0.05) is 31.7 Å². The number of benzene rings is 2. The molecule has 1 atom stereocenters. The number of para-hydroxylation sites is 1. The molecule has 0 spiro atoms. The van der Waals surface area contributed by atoms with Gasteiger partial charge in [0.05, 0.1) is 14.2 Å². The quantitative estimate of drug-likeness (QED) is 0.638. The number of aliphatic hydroxyl groups excluding tert-OH is 1. The third kappa shape index (κ3) is 5.63. The molecule has 0 saturated carbocycles. The van der Waals surface area contributed by atoms with Gasteiger partial charge in [-0.1, -0.05) is 24.3 Å². The van der Waals surface area contributed by atoms with E-state index >= 15 is 0 Å². The average Bonchev–Trinajstić information content (AvgIpc) is 2.78. The van der Waals surface area contributed by atoms with Crippen LogP contribution in [0, 0.1) is 0 Å². The van der Waals surface area contributed by atoms with Gasteiger partial charge < -0.3 is 29.4 Å². The molecule has 6 heteroatoms. The molecule has 2 aromatic rings. The first-order valence-corrected chi connectivity index (χ1v) is 10.0. The van der Waals surface area contributed by atoms with Crippen LogP contribution in [0.2, 0.25) is 0 Å². The van der Waals surface area contributed by atoms with Crippen LogP contribution < -0.4 is 19.5 Å². The molecule has 2 N–H and O–H groups in total. The van der Waals surface area contributed by atoms with E-state index in [9.17, 15) is 5.11 Å². The van der Waals surface area contributed by atoms with E-state index in [1.807, 2.05) is 36.4 Å². The minimum atomic E-state index is -0.586. The van der Waals surface area contributed by atoms with E-state index in [2.05, 4.69) is 17.4 Å². The van der Waals surface area contributed by atoms with Gasteiger partial charge in [-0.2, -0.15) is 0 Å². The van der Waals surface area contributed by atoms with Crippen molar-refractivity contribution in [2.45, 2.75) is 24.4 Å². The highest BCUT2D eigenvalue weighted by atomic mass is 16.5. The zero-order valence-corrected chi connectivity index (χ0v) is 17.2. The van der Waals surface area contributed by atoms with Crippen molar-refractivity contribution in [3.63, 3.8) is 0 Å². The zero-order chi connectivity index (χ0) is 20.5. The van der Waals surface area contributed by atoms with Crippen molar-refractivity contribution in [3.8, 4) is 17.2 Å². The van der Waals surface area contributed by atoms with Gasteiger partial charge in [-0.3, -0.25) is 0 Å². The summed E-state index contributed by atoms with van der Waals surface area (Å²) in [5, 5.41) is 13.7. The topological polar surface area (TPSA) is 69.2 Å². The molecule has 0 aromatic heterocycles. The van der Waals surface area contributed by atoms with Crippen LogP contribution in [-0.4, -0.2) is 58.3 Å². The smallest absolute Gasteiger partial charge is 0.161 e. The molecule has 29 heavy (non-hydrogen) atoms. The largest absolute Gasteiger partial charge is 0.493 e. The highest BCUT2D eigenvalue weighted by Crippen LogP contribution is 2.38. The normalized spacial score (nSPS) is 16.8. The van der Waals surface area contributed by atoms with E-state index in [0.717, 1.165) is 49.8 Å². The molecule has 0 radical (unpaired) electrons. The Kier molecular flexibility index (Phi) is 7.75. The summed E-state index contributed by atoms with van der Waals surface area (Å²) in [4.78, 5) is 0. The highest BCUT2D eigenvalue weighted by molar-refractivity contribution is 5.45. The van der Waals surface area contributed by atoms with Gasteiger partial charge in [-0.25, -0.2) is 0 Å². The van der Waals surface area contributed by atoms with Crippen molar-refractivity contribution in [3.05, 3.63) is 54.1 Å². The van der Waals surface area contributed by atoms with Crippen molar-refractivity contribution < 1.29 is 24.1 Å². The number of hydrogen-bond donors (Lipinski definition) is 2. The Morgan fingerprint density at radius 2 is 1.76 bits per heavy atom. The monoisotopic (exact) mass is 401 g/mol. The Bertz CT molecular complexity index is 746. The molecule has 3 rings (SSSR count). The maximum atomic E-state index is 10.3. The first-order chi connectivity index (χ1) is 14.2. The molecule has 0 aliphatic carbocycles. The van der Waals surface area contributed by atoms with Crippen LogP contribution in [0.5, 0.6) is 17.2 Å². The van der Waals surface area contributed by atoms with Crippen molar-refractivity contribution in [2.75, 3.05) is 47.1 Å². The second-order valence-corrected chi connectivity index (χ2v) is 7.37. The van der Waals surface area contributed by atoms with Crippen LogP contribution >= 0.6 is 0 Å². The number of nitrogens with one attached hydrogen (secondary N) is 1. The molecule has 0 unspecified atom stereocenters. The van der Waals surface area contributed by atoms with Crippen molar-refractivity contribution in [1.29, 1.82) is 0 Å². The van der Waals surface area contributed by atoms with Crippen molar-refractivity contribution in [1.82, 2.24) is 5.32 Å². The molecule has 1 heterocycles. The lowest BCUT2D eigenvalue weighted by Crippen LogP contribution is -2.45. The van der Waals surface area contributed by atoms with Gasteiger partial charge in [-0.15, -0.1) is 0 Å². The van der Waals surface area contributed by atoms with Crippen LogP contribution in [0.3, 0.4) is 0 Å². The van der Waals surface area contributed by atoms with Crippen LogP contribution in [0.15, 0.2) is 48.5 Å². The van der Waals surface area contributed by atoms with Gasteiger partial charge in [-0.05, 0) is 42.7 Å². The Labute approximate surface area is 172 Å². The molecule has 1 saturated heterocycles. The molecule has 0 bridgehead atoms. The van der Waals surface area contributed by atoms with Gasteiger partial charge in [0.2, 0.25) is 0 Å². The number of hydrogen-bond acceptors (Lipinski definition) is 6. The highest BCUT2D eigenvalue weighted by Gasteiger charge is 2.35. The summed E-state index contributed by atoms with van der Waals surface area (Å²) < 4.78 is 22.1. The minimum Gasteiger partial charge on any atom is -0.493 e. The molecule has 158 valence electrons. The van der Waals surface area contributed by atoms with Crippen LogP contribution in [0.25, 0.3) is 0 Å². The lowest BCUT2D eigenvalue weighted by Gasteiger charge is -2.38. The van der Waals surface area contributed by atoms with Crippen molar-refractivity contribution >= 4 is 0 Å². The summed E-state index contributed by atoms with van der Waals surface area (Å²) in [5.74, 6) is 2.21. The molecule has 2 aromatic carbocycles. The fraction of sp³-hybridized carbons (Fsp3) is 0.478. The molecule has 0 amide bonds. The SMILES string of the molecule is COc1ccc(C2(CNC[C@@H](O)COc3ccccc3)CCOCC2)cc1OC. The third-order valence-corrected chi connectivity index (χ3v) is 5.47. The Balaban J connectivity index is 1.60. The zero-order valence-electron chi connectivity index (χ0n) is 17.2. The lowest BCUT2D eigenvalue weighted by atomic mass is 9.74. The van der Waals surface area contributed by atoms with E-state index < -0.39 is 6.10 Å². The molecule has 1 aliphatic rings. The summed E-state index contributed by atoms with van der Waals surface area (Å²) in [7, 11) is 3.29. The van der Waals surface area contributed by atoms with Crippen molar-refractivity contribution in [2.24, 2.45) is 0 Å². The summed E-state index contributed by atoms with van der Waals surface area (Å²) in [6, 6.07) is 15.6. The number of methoxy groups -OCH3 is 2. The van der Waals surface area contributed by atoms with Crippen LogP contribution in [-0.2, 0) is 10.2 Å². The van der Waals surface area contributed by atoms with E-state index in [4.69, 9.17) is 18.9 Å². The molecule has 6 nitrogen and oxygen atoms in total. The summed E-state index contributed by atoms with van der Waals surface area (Å²) in [6.07, 6.45) is 1.23. The fourth-order valence-corrected chi connectivity index (χ4v) is 3.74. The predicted molar refractivity (Wildman–Crippen MR) is 112 cm³/mol. The molecule has 1 aliphatic heterocycles. The number of ether oxygens (including phenoxy) is 4. The van der Waals surface area contributed by atoms with E-state index in [1.165, 1.54) is 5.56 Å². The molecular formula is C23H31NO5. The fourth-order valence-electron chi connectivity index (χ4n) is 3.74. The predicted octanol–water partition coefficient (Wildman–Crippen LogP) is 2.78. The van der Waals surface area contributed by atoms with E-state index in [0.29, 0.717) is 6.54 Å². The first kappa shape index (κ1) is 21.4. The number of aliphatic hydroxyl groups is 1. The third-order valence-electron chi connectivity index (χ3n) is 5.47. The van der Waals surface area contributed by atoms with E-state index in [-0.39, 0.29) is 12.0 Å².